The van der Waals surface area contributed by atoms with E-state index >= 15 is 0 Å². The normalized spacial score (nSPS) is 15.4. The van der Waals surface area contributed by atoms with Gasteiger partial charge in [-0.05, 0) is 49.6 Å². The average molecular weight is 490 g/mol. The van der Waals surface area contributed by atoms with Gasteiger partial charge < -0.3 is 10.2 Å². The molecule has 0 unspecified atom stereocenters. The quantitative estimate of drug-likeness (QED) is 0.585. The van der Waals surface area contributed by atoms with Crippen LogP contribution in [0.2, 0.25) is 0 Å². The van der Waals surface area contributed by atoms with Gasteiger partial charge in [0.25, 0.3) is 0 Å². The first-order valence-corrected chi connectivity index (χ1v) is 13.4. The number of carbonyl (C=O) groups is 2. The van der Waals surface area contributed by atoms with Crippen molar-refractivity contribution in [1.82, 2.24) is 10.2 Å². The molecule has 1 aliphatic rings. The average Bonchev–Trinajstić information content (AvgIpc) is 2.82. The van der Waals surface area contributed by atoms with E-state index in [4.69, 9.17) is 0 Å². The number of hydrogen-bond acceptors (Lipinski definition) is 4. The highest BCUT2D eigenvalue weighted by molar-refractivity contribution is 7.92. The molecule has 0 aliphatic heterocycles. The highest BCUT2D eigenvalue weighted by Gasteiger charge is 2.31. The van der Waals surface area contributed by atoms with Gasteiger partial charge in [-0.2, -0.15) is 0 Å². The lowest BCUT2D eigenvalue weighted by atomic mass is 9.95. The molecule has 1 atom stereocenters. The van der Waals surface area contributed by atoms with Gasteiger partial charge in [-0.3, -0.25) is 13.9 Å². The molecule has 1 saturated carbocycles. The van der Waals surface area contributed by atoms with Crippen LogP contribution in [0, 0.1) is 5.82 Å². The number of hydrogen-bond donors (Lipinski definition) is 1. The number of rotatable bonds is 9. The first-order valence-electron chi connectivity index (χ1n) is 11.5. The molecule has 0 saturated heterocycles. The Morgan fingerprint density at radius 2 is 1.65 bits per heavy atom. The lowest BCUT2D eigenvalue weighted by molar-refractivity contribution is -0.139. The Balaban J connectivity index is 1.84. The van der Waals surface area contributed by atoms with E-state index in [9.17, 15) is 22.4 Å². The molecular formula is C25H32FN3O4S. The summed E-state index contributed by atoms with van der Waals surface area (Å²) in [5.74, 6) is -1.21. The summed E-state index contributed by atoms with van der Waals surface area (Å²) in [7, 11) is -3.76. The molecule has 0 aromatic heterocycles. The fourth-order valence-electron chi connectivity index (χ4n) is 4.15. The van der Waals surface area contributed by atoms with Crippen molar-refractivity contribution in [1.29, 1.82) is 0 Å². The smallest absolute Gasteiger partial charge is 0.244 e. The maximum atomic E-state index is 13.4. The Kier molecular flexibility index (Phi) is 8.66. The summed E-state index contributed by atoms with van der Waals surface area (Å²) in [5, 5.41) is 3.04. The maximum Gasteiger partial charge on any atom is 0.244 e. The van der Waals surface area contributed by atoms with Crippen molar-refractivity contribution in [3.8, 4) is 0 Å². The zero-order valence-corrected chi connectivity index (χ0v) is 20.4. The third-order valence-electron chi connectivity index (χ3n) is 6.11. The summed E-state index contributed by atoms with van der Waals surface area (Å²) in [4.78, 5) is 27.9. The Morgan fingerprint density at radius 1 is 1.03 bits per heavy atom. The van der Waals surface area contributed by atoms with Gasteiger partial charge in [0.2, 0.25) is 21.8 Å². The number of nitrogens with one attached hydrogen (secondary N) is 1. The van der Waals surface area contributed by atoms with Gasteiger partial charge in [-0.1, -0.05) is 49.6 Å². The highest BCUT2D eigenvalue weighted by atomic mass is 32.2. The van der Waals surface area contributed by atoms with Crippen molar-refractivity contribution in [2.75, 3.05) is 17.1 Å². The maximum absolute atomic E-state index is 13.4. The van der Waals surface area contributed by atoms with Gasteiger partial charge >= 0.3 is 0 Å². The van der Waals surface area contributed by atoms with E-state index in [-0.39, 0.29) is 18.5 Å². The summed E-state index contributed by atoms with van der Waals surface area (Å²) in [6, 6.07) is 13.3. The standard InChI is InChI=1S/C25H32FN3O4S/c1-19(25(31)27-22-9-5-3-6-10-22)28(17-20-13-15-21(26)16-14-20)24(30)18-29(34(2,32)33)23-11-7-4-8-12-23/h4,7-8,11-16,19,22H,3,5-6,9-10,17-18H2,1-2H3,(H,27,31)/t19-/m1/s1. The van der Waals surface area contributed by atoms with Crippen molar-refractivity contribution in [2.45, 2.75) is 57.7 Å². The van der Waals surface area contributed by atoms with Gasteiger partial charge in [0.15, 0.2) is 0 Å². The van der Waals surface area contributed by atoms with Crippen LogP contribution in [0.25, 0.3) is 0 Å². The Labute approximate surface area is 201 Å². The Bertz CT molecular complexity index is 1070. The molecule has 3 rings (SSSR count). The first kappa shape index (κ1) is 25.7. The Morgan fingerprint density at radius 3 is 2.24 bits per heavy atom. The van der Waals surface area contributed by atoms with E-state index in [2.05, 4.69) is 5.32 Å². The number of halogens is 1. The van der Waals surface area contributed by atoms with E-state index in [1.165, 1.54) is 17.0 Å². The Hall–Kier alpha value is -2.94. The third kappa shape index (κ3) is 7.03. The van der Waals surface area contributed by atoms with Crippen LogP contribution in [0.5, 0.6) is 0 Å². The molecule has 34 heavy (non-hydrogen) atoms. The van der Waals surface area contributed by atoms with Crippen LogP contribution in [0.15, 0.2) is 54.6 Å². The van der Waals surface area contributed by atoms with E-state index in [0.29, 0.717) is 11.3 Å². The van der Waals surface area contributed by atoms with Crippen LogP contribution in [0.4, 0.5) is 10.1 Å². The molecular weight excluding hydrogens is 457 g/mol. The minimum atomic E-state index is -3.76. The molecule has 0 radical (unpaired) electrons. The number of para-hydroxylation sites is 1. The second-order valence-electron chi connectivity index (χ2n) is 8.77. The molecule has 1 fully saturated rings. The van der Waals surface area contributed by atoms with Crippen molar-refractivity contribution < 1.29 is 22.4 Å². The van der Waals surface area contributed by atoms with Crippen molar-refractivity contribution in [3.05, 3.63) is 66.0 Å². The molecule has 184 valence electrons. The van der Waals surface area contributed by atoms with Gasteiger partial charge in [0, 0.05) is 12.6 Å². The molecule has 0 heterocycles. The topological polar surface area (TPSA) is 86.8 Å². The summed E-state index contributed by atoms with van der Waals surface area (Å²) in [5.41, 5.74) is 0.997. The van der Waals surface area contributed by atoms with Gasteiger partial charge in [-0.25, -0.2) is 12.8 Å². The lowest BCUT2D eigenvalue weighted by Gasteiger charge is -2.33. The van der Waals surface area contributed by atoms with Gasteiger partial charge in [0.05, 0.1) is 11.9 Å². The van der Waals surface area contributed by atoms with E-state index < -0.39 is 34.3 Å². The number of amides is 2. The second-order valence-corrected chi connectivity index (χ2v) is 10.7. The number of sulfonamides is 1. The zero-order chi connectivity index (χ0) is 24.7. The third-order valence-corrected chi connectivity index (χ3v) is 7.25. The number of benzene rings is 2. The minimum Gasteiger partial charge on any atom is -0.352 e. The second kappa shape index (κ2) is 11.5. The van der Waals surface area contributed by atoms with Crippen LogP contribution in [-0.4, -0.2) is 50.0 Å². The summed E-state index contributed by atoms with van der Waals surface area (Å²) in [6.07, 6.45) is 6.10. The van der Waals surface area contributed by atoms with E-state index in [1.807, 2.05) is 0 Å². The van der Waals surface area contributed by atoms with E-state index in [0.717, 1.165) is 42.7 Å². The molecule has 2 aromatic carbocycles. The number of anilines is 1. The highest BCUT2D eigenvalue weighted by Crippen LogP contribution is 2.20. The number of nitrogens with zero attached hydrogens (tertiary/aromatic N) is 2. The van der Waals surface area contributed by atoms with Crippen molar-refractivity contribution >= 4 is 27.5 Å². The molecule has 7 nitrogen and oxygen atoms in total. The lowest BCUT2D eigenvalue weighted by Crippen LogP contribution is -2.52. The molecule has 2 amide bonds. The fourth-order valence-corrected chi connectivity index (χ4v) is 5.00. The minimum absolute atomic E-state index is 0.0464. The fraction of sp³-hybridized carbons (Fsp3) is 0.440. The molecule has 1 N–H and O–H groups in total. The van der Waals surface area contributed by atoms with Crippen LogP contribution < -0.4 is 9.62 Å². The molecule has 0 bridgehead atoms. The first-order chi connectivity index (χ1) is 16.1. The van der Waals surface area contributed by atoms with Gasteiger partial charge in [0.1, 0.15) is 18.4 Å². The summed E-state index contributed by atoms with van der Waals surface area (Å²) >= 11 is 0. The van der Waals surface area contributed by atoms with Crippen molar-refractivity contribution in [2.24, 2.45) is 0 Å². The zero-order valence-electron chi connectivity index (χ0n) is 19.6. The van der Waals surface area contributed by atoms with Crippen LogP contribution in [0.3, 0.4) is 0 Å². The van der Waals surface area contributed by atoms with Crippen LogP contribution >= 0.6 is 0 Å². The molecule has 9 heteroatoms. The SMILES string of the molecule is C[C@H](C(=O)NC1CCCCC1)N(Cc1ccc(F)cc1)C(=O)CN(c1ccccc1)S(C)(=O)=O. The largest absolute Gasteiger partial charge is 0.352 e. The monoisotopic (exact) mass is 489 g/mol. The molecule has 1 aliphatic carbocycles. The summed E-state index contributed by atoms with van der Waals surface area (Å²) in [6.45, 7) is 1.22. The van der Waals surface area contributed by atoms with Crippen LogP contribution in [0.1, 0.15) is 44.6 Å². The van der Waals surface area contributed by atoms with Crippen LogP contribution in [-0.2, 0) is 26.2 Å². The summed E-state index contributed by atoms with van der Waals surface area (Å²) < 4.78 is 39.4. The molecule has 2 aromatic rings. The van der Waals surface area contributed by atoms with Gasteiger partial charge in [-0.15, -0.1) is 0 Å². The van der Waals surface area contributed by atoms with Crippen molar-refractivity contribution in [3.63, 3.8) is 0 Å². The number of carbonyl (C=O) groups excluding carboxylic acids is 2. The van der Waals surface area contributed by atoms with E-state index in [1.54, 1.807) is 49.4 Å². The predicted molar refractivity (Wildman–Crippen MR) is 130 cm³/mol. The molecule has 0 spiro atoms. The predicted octanol–water partition coefficient (Wildman–Crippen LogP) is 3.46.